The fourth-order valence-corrected chi connectivity index (χ4v) is 1.79. The maximum absolute atomic E-state index is 4.32. The minimum atomic E-state index is -0.0566. The predicted octanol–water partition coefficient (Wildman–Crippen LogP) is 3.46. The van der Waals surface area contributed by atoms with Gasteiger partial charge in [-0.05, 0) is 32.9 Å². The Labute approximate surface area is 104 Å². The van der Waals surface area contributed by atoms with Crippen molar-refractivity contribution in [3.63, 3.8) is 0 Å². The fourth-order valence-electron chi connectivity index (χ4n) is 1.53. The average Bonchev–Trinajstić information content (AvgIpc) is 2.66. The highest BCUT2D eigenvalue weighted by atomic mass is 79.9. The fraction of sp³-hybridized carbons (Fsp3) is 0.333. The summed E-state index contributed by atoms with van der Waals surface area (Å²) in [5, 5.41) is 4.28. The standard InChI is InChI=1S/C12H14BrN3/c1-12(2,3)16-11(14-8-15-16)9-4-6-10(13)7-5-9/h4-8H,1-3H3. The zero-order chi connectivity index (χ0) is 11.8. The molecule has 84 valence electrons. The van der Waals surface area contributed by atoms with E-state index in [0.717, 1.165) is 15.9 Å². The van der Waals surface area contributed by atoms with Crippen LogP contribution in [-0.2, 0) is 5.54 Å². The Morgan fingerprint density at radius 1 is 1.12 bits per heavy atom. The Bertz CT molecular complexity index is 480. The van der Waals surface area contributed by atoms with Crippen LogP contribution in [0.5, 0.6) is 0 Å². The van der Waals surface area contributed by atoms with E-state index in [1.807, 2.05) is 28.9 Å². The number of hydrogen-bond donors (Lipinski definition) is 0. The van der Waals surface area contributed by atoms with Crippen molar-refractivity contribution in [1.82, 2.24) is 14.8 Å². The summed E-state index contributed by atoms with van der Waals surface area (Å²) in [6.07, 6.45) is 1.60. The van der Waals surface area contributed by atoms with Crippen molar-refractivity contribution in [3.8, 4) is 11.4 Å². The molecule has 3 nitrogen and oxygen atoms in total. The third-order valence-corrected chi connectivity index (χ3v) is 2.81. The molecule has 0 saturated carbocycles. The number of aromatic nitrogens is 3. The highest BCUT2D eigenvalue weighted by Gasteiger charge is 2.19. The van der Waals surface area contributed by atoms with E-state index in [4.69, 9.17) is 0 Å². The molecule has 0 atom stereocenters. The first-order valence-corrected chi connectivity index (χ1v) is 5.94. The first kappa shape index (κ1) is 11.3. The highest BCUT2D eigenvalue weighted by molar-refractivity contribution is 9.10. The van der Waals surface area contributed by atoms with Crippen LogP contribution in [0.2, 0.25) is 0 Å². The van der Waals surface area contributed by atoms with Crippen LogP contribution in [0.3, 0.4) is 0 Å². The normalized spacial score (nSPS) is 11.8. The maximum atomic E-state index is 4.32. The lowest BCUT2D eigenvalue weighted by Gasteiger charge is -2.21. The summed E-state index contributed by atoms with van der Waals surface area (Å²) in [5.41, 5.74) is 1.02. The second kappa shape index (κ2) is 4.01. The first-order chi connectivity index (χ1) is 7.48. The van der Waals surface area contributed by atoms with Crippen molar-refractivity contribution in [2.75, 3.05) is 0 Å². The molecule has 1 aromatic carbocycles. The van der Waals surface area contributed by atoms with Gasteiger partial charge in [-0.1, -0.05) is 28.1 Å². The number of halogens is 1. The summed E-state index contributed by atoms with van der Waals surface area (Å²) in [6.45, 7) is 6.35. The van der Waals surface area contributed by atoms with Crippen molar-refractivity contribution in [3.05, 3.63) is 35.1 Å². The van der Waals surface area contributed by atoms with Gasteiger partial charge in [-0.15, -0.1) is 0 Å². The number of rotatable bonds is 1. The average molecular weight is 280 g/mol. The molecule has 0 aliphatic heterocycles. The maximum Gasteiger partial charge on any atom is 0.158 e. The Hall–Kier alpha value is -1.16. The van der Waals surface area contributed by atoms with E-state index >= 15 is 0 Å². The van der Waals surface area contributed by atoms with Gasteiger partial charge in [0, 0.05) is 10.0 Å². The summed E-state index contributed by atoms with van der Waals surface area (Å²) >= 11 is 3.42. The zero-order valence-electron chi connectivity index (χ0n) is 9.61. The SMILES string of the molecule is CC(C)(C)n1ncnc1-c1ccc(Br)cc1. The monoisotopic (exact) mass is 279 g/mol. The Balaban J connectivity index is 2.49. The highest BCUT2D eigenvalue weighted by Crippen LogP contribution is 2.24. The van der Waals surface area contributed by atoms with Gasteiger partial charge >= 0.3 is 0 Å². The van der Waals surface area contributed by atoms with Crippen molar-refractivity contribution in [2.24, 2.45) is 0 Å². The van der Waals surface area contributed by atoms with Gasteiger partial charge < -0.3 is 0 Å². The first-order valence-electron chi connectivity index (χ1n) is 5.15. The van der Waals surface area contributed by atoms with E-state index in [9.17, 15) is 0 Å². The zero-order valence-corrected chi connectivity index (χ0v) is 11.2. The summed E-state index contributed by atoms with van der Waals surface area (Å²) in [4.78, 5) is 4.32. The molecule has 0 amide bonds. The minimum Gasteiger partial charge on any atom is -0.240 e. The van der Waals surface area contributed by atoms with Crippen LogP contribution in [0.4, 0.5) is 0 Å². The molecule has 0 aliphatic rings. The molecule has 2 rings (SSSR count). The second-order valence-electron chi connectivity index (χ2n) is 4.67. The van der Waals surface area contributed by atoms with Gasteiger partial charge in [0.15, 0.2) is 5.82 Å². The molecule has 0 fully saturated rings. The van der Waals surface area contributed by atoms with Gasteiger partial charge in [0.2, 0.25) is 0 Å². The minimum absolute atomic E-state index is 0.0566. The smallest absolute Gasteiger partial charge is 0.158 e. The number of hydrogen-bond acceptors (Lipinski definition) is 2. The predicted molar refractivity (Wildman–Crippen MR) is 68.2 cm³/mol. The largest absolute Gasteiger partial charge is 0.240 e. The lowest BCUT2D eigenvalue weighted by atomic mass is 10.1. The third-order valence-electron chi connectivity index (χ3n) is 2.29. The van der Waals surface area contributed by atoms with Gasteiger partial charge in [-0.3, -0.25) is 0 Å². The van der Waals surface area contributed by atoms with E-state index in [1.54, 1.807) is 6.33 Å². The summed E-state index contributed by atoms with van der Waals surface area (Å²) < 4.78 is 3.01. The van der Waals surface area contributed by atoms with E-state index in [0.29, 0.717) is 0 Å². The van der Waals surface area contributed by atoms with E-state index < -0.39 is 0 Å². The van der Waals surface area contributed by atoms with Gasteiger partial charge in [-0.25, -0.2) is 9.67 Å². The van der Waals surface area contributed by atoms with Crippen LogP contribution in [0, 0.1) is 0 Å². The molecule has 0 aliphatic carbocycles. The van der Waals surface area contributed by atoms with Crippen molar-refractivity contribution in [1.29, 1.82) is 0 Å². The molecule has 16 heavy (non-hydrogen) atoms. The van der Waals surface area contributed by atoms with Crippen LogP contribution in [0.15, 0.2) is 35.1 Å². The quantitative estimate of drug-likeness (QED) is 0.800. The summed E-state index contributed by atoms with van der Waals surface area (Å²) in [6, 6.07) is 8.10. The lowest BCUT2D eigenvalue weighted by Crippen LogP contribution is -2.24. The molecule has 1 heterocycles. The Kier molecular flexibility index (Phi) is 2.84. The molecule has 4 heteroatoms. The van der Waals surface area contributed by atoms with Gasteiger partial charge in [0.1, 0.15) is 6.33 Å². The topological polar surface area (TPSA) is 30.7 Å². The molecular weight excluding hydrogens is 266 g/mol. The molecule has 0 saturated heterocycles. The Morgan fingerprint density at radius 3 is 2.31 bits per heavy atom. The second-order valence-corrected chi connectivity index (χ2v) is 5.59. The lowest BCUT2D eigenvalue weighted by molar-refractivity contribution is 0.359. The number of benzene rings is 1. The van der Waals surface area contributed by atoms with Crippen molar-refractivity contribution >= 4 is 15.9 Å². The van der Waals surface area contributed by atoms with E-state index in [1.165, 1.54) is 0 Å². The van der Waals surface area contributed by atoms with E-state index in [-0.39, 0.29) is 5.54 Å². The summed E-state index contributed by atoms with van der Waals surface area (Å²) in [7, 11) is 0. The van der Waals surface area contributed by atoms with Crippen LogP contribution in [0.1, 0.15) is 20.8 Å². The van der Waals surface area contributed by atoms with Gasteiger partial charge in [0.25, 0.3) is 0 Å². The van der Waals surface area contributed by atoms with Crippen LogP contribution < -0.4 is 0 Å². The Morgan fingerprint density at radius 2 is 1.75 bits per heavy atom. The molecule has 0 unspecified atom stereocenters. The molecule has 1 aromatic heterocycles. The number of nitrogens with zero attached hydrogens (tertiary/aromatic N) is 3. The van der Waals surface area contributed by atoms with E-state index in [2.05, 4.69) is 46.8 Å². The molecule has 0 N–H and O–H groups in total. The third kappa shape index (κ3) is 2.16. The molecule has 0 spiro atoms. The van der Waals surface area contributed by atoms with Crippen LogP contribution in [0.25, 0.3) is 11.4 Å². The molecular formula is C12H14BrN3. The molecule has 2 aromatic rings. The van der Waals surface area contributed by atoms with Crippen LogP contribution in [-0.4, -0.2) is 14.8 Å². The van der Waals surface area contributed by atoms with Gasteiger partial charge in [0.05, 0.1) is 5.54 Å². The molecule has 0 bridgehead atoms. The van der Waals surface area contributed by atoms with Crippen molar-refractivity contribution < 1.29 is 0 Å². The van der Waals surface area contributed by atoms with Gasteiger partial charge in [-0.2, -0.15) is 5.10 Å². The van der Waals surface area contributed by atoms with Crippen molar-refractivity contribution in [2.45, 2.75) is 26.3 Å². The summed E-state index contributed by atoms with van der Waals surface area (Å²) in [5.74, 6) is 0.903. The molecule has 0 radical (unpaired) electrons. The van der Waals surface area contributed by atoms with Crippen LogP contribution >= 0.6 is 15.9 Å².